The second-order valence-corrected chi connectivity index (χ2v) is 6.31. The van der Waals surface area contributed by atoms with E-state index in [2.05, 4.69) is 20.8 Å². The Hall–Kier alpha value is -1.89. The van der Waals surface area contributed by atoms with Gasteiger partial charge in [0.2, 0.25) is 5.91 Å². The lowest BCUT2D eigenvalue weighted by Gasteiger charge is -2.14. The van der Waals surface area contributed by atoms with Crippen LogP contribution in [0.15, 0.2) is 30.3 Å². The van der Waals surface area contributed by atoms with Gasteiger partial charge in [0.25, 0.3) is 0 Å². The number of hydrogen-bond donors (Lipinski definition) is 1. The van der Waals surface area contributed by atoms with Gasteiger partial charge in [0, 0.05) is 0 Å². The van der Waals surface area contributed by atoms with Crippen LogP contribution in [-0.4, -0.2) is 31.9 Å². The Balaban J connectivity index is 1.77. The molecule has 6 nitrogen and oxygen atoms in total. The molecule has 1 atom stereocenters. The van der Waals surface area contributed by atoms with E-state index in [0.717, 1.165) is 11.4 Å². The minimum atomic E-state index is 0.00952. The SMILES string of the molecule is CC(NC(=O)CSCc1nnnn1C(C)C)c1ccccc1. The van der Waals surface area contributed by atoms with Crippen LogP contribution in [0.2, 0.25) is 0 Å². The monoisotopic (exact) mass is 319 g/mol. The summed E-state index contributed by atoms with van der Waals surface area (Å²) in [5.74, 6) is 1.83. The van der Waals surface area contributed by atoms with Gasteiger partial charge in [0.05, 0.1) is 23.6 Å². The Morgan fingerprint density at radius 2 is 2.00 bits per heavy atom. The maximum absolute atomic E-state index is 12.0. The van der Waals surface area contributed by atoms with Crippen LogP contribution in [-0.2, 0) is 10.5 Å². The number of benzene rings is 1. The number of nitrogens with one attached hydrogen (secondary N) is 1. The molecule has 0 aliphatic rings. The Morgan fingerprint density at radius 3 is 2.68 bits per heavy atom. The second kappa shape index (κ2) is 7.93. The van der Waals surface area contributed by atoms with Crippen molar-refractivity contribution in [3.8, 4) is 0 Å². The third-order valence-corrected chi connectivity index (χ3v) is 4.12. The number of amides is 1. The smallest absolute Gasteiger partial charge is 0.230 e. The molecule has 0 aliphatic heterocycles. The zero-order chi connectivity index (χ0) is 15.9. The third kappa shape index (κ3) is 4.56. The number of carbonyl (C=O) groups is 1. The molecule has 0 saturated heterocycles. The van der Waals surface area contributed by atoms with Crippen LogP contribution in [0.1, 0.15) is 44.2 Å². The van der Waals surface area contributed by atoms with Crippen LogP contribution in [0.3, 0.4) is 0 Å². The minimum Gasteiger partial charge on any atom is -0.349 e. The first-order valence-electron chi connectivity index (χ1n) is 7.26. The Labute approximate surface area is 134 Å². The van der Waals surface area contributed by atoms with Crippen LogP contribution in [0, 0.1) is 0 Å². The molecular weight excluding hydrogens is 298 g/mol. The number of rotatable bonds is 7. The predicted octanol–water partition coefficient (Wildman–Crippen LogP) is 2.36. The summed E-state index contributed by atoms with van der Waals surface area (Å²) in [7, 11) is 0. The van der Waals surface area contributed by atoms with Gasteiger partial charge < -0.3 is 5.32 Å². The fourth-order valence-electron chi connectivity index (χ4n) is 2.05. The summed E-state index contributed by atoms with van der Waals surface area (Å²) in [4.78, 5) is 12.0. The molecule has 0 radical (unpaired) electrons. The van der Waals surface area contributed by atoms with Crippen molar-refractivity contribution in [2.45, 2.75) is 38.6 Å². The molecule has 0 bridgehead atoms. The van der Waals surface area contributed by atoms with E-state index in [1.54, 1.807) is 4.68 Å². The predicted molar refractivity (Wildman–Crippen MR) is 87.4 cm³/mol. The lowest BCUT2D eigenvalue weighted by atomic mass is 10.1. The fourth-order valence-corrected chi connectivity index (χ4v) is 2.80. The van der Waals surface area contributed by atoms with E-state index in [-0.39, 0.29) is 18.0 Å². The van der Waals surface area contributed by atoms with Gasteiger partial charge in [0.1, 0.15) is 0 Å². The topological polar surface area (TPSA) is 72.7 Å². The lowest BCUT2D eigenvalue weighted by molar-refractivity contribution is -0.119. The third-order valence-electron chi connectivity index (χ3n) is 3.19. The molecule has 0 aliphatic carbocycles. The summed E-state index contributed by atoms with van der Waals surface area (Å²) in [5.41, 5.74) is 1.10. The highest BCUT2D eigenvalue weighted by molar-refractivity contribution is 7.99. The molecular formula is C15H21N5OS. The number of hydrogen-bond acceptors (Lipinski definition) is 5. The van der Waals surface area contributed by atoms with Gasteiger partial charge >= 0.3 is 0 Å². The van der Waals surface area contributed by atoms with Crippen molar-refractivity contribution >= 4 is 17.7 Å². The minimum absolute atomic E-state index is 0.00952. The van der Waals surface area contributed by atoms with E-state index in [1.807, 2.05) is 51.1 Å². The van der Waals surface area contributed by atoms with E-state index in [9.17, 15) is 4.79 Å². The van der Waals surface area contributed by atoms with E-state index in [1.165, 1.54) is 11.8 Å². The van der Waals surface area contributed by atoms with Gasteiger partial charge in [-0.15, -0.1) is 16.9 Å². The average molecular weight is 319 g/mol. The highest BCUT2D eigenvalue weighted by Crippen LogP contribution is 2.14. The summed E-state index contributed by atoms with van der Waals surface area (Å²) in [6.07, 6.45) is 0. The molecule has 1 heterocycles. The molecule has 0 fully saturated rings. The van der Waals surface area contributed by atoms with Crippen LogP contribution in [0.25, 0.3) is 0 Å². The lowest BCUT2D eigenvalue weighted by Crippen LogP contribution is -2.28. The molecule has 1 aromatic heterocycles. The average Bonchev–Trinajstić information content (AvgIpc) is 2.97. The molecule has 2 aromatic rings. The second-order valence-electron chi connectivity index (χ2n) is 5.33. The molecule has 2 rings (SSSR count). The van der Waals surface area contributed by atoms with Gasteiger partial charge in [-0.3, -0.25) is 4.79 Å². The van der Waals surface area contributed by atoms with Gasteiger partial charge in [-0.05, 0) is 36.8 Å². The molecule has 118 valence electrons. The molecule has 1 aromatic carbocycles. The van der Waals surface area contributed by atoms with Crippen molar-refractivity contribution < 1.29 is 4.79 Å². The Morgan fingerprint density at radius 1 is 1.27 bits per heavy atom. The Kier molecular flexibility index (Phi) is 5.94. The van der Waals surface area contributed by atoms with Crippen molar-refractivity contribution in [3.63, 3.8) is 0 Å². The van der Waals surface area contributed by atoms with E-state index in [0.29, 0.717) is 11.5 Å². The van der Waals surface area contributed by atoms with Gasteiger partial charge in [0.15, 0.2) is 5.82 Å². The standard InChI is InChI=1S/C15H21N5OS/c1-11(2)20-14(17-18-19-20)9-22-10-15(21)16-12(3)13-7-5-4-6-8-13/h4-8,11-12H,9-10H2,1-3H3,(H,16,21). The van der Waals surface area contributed by atoms with Crippen molar-refractivity contribution in [3.05, 3.63) is 41.7 Å². The van der Waals surface area contributed by atoms with Gasteiger partial charge in [-0.2, -0.15) is 0 Å². The zero-order valence-corrected chi connectivity index (χ0v) is 13.9. The van der Waals surface area contributed by atoms with Crippen molar-refractivity contribution in [1.29, 1.82) is 0 Å². The summed E-state index contributed by atoms with van der Waals surface area (Å²) in [6, 6.07) is 10.2. The van der Waals surface area contributed by atoms with Crippen molar-refractivity contribution in [1.82, 2.24) is 25.5 Å². The first-order chi connectivity index (χ1) is 10.6. The van der Waals surface area contributed by atoms with Crippen LogP contribution >= 0.6 is 11.8 Å². The van der Waals surface area contributed by atoms with E-state index >= 15 is 0 Å². The highest BCUT2D eigenvalue weighted by atomic mass is 32.2. The maximum Gasteiger partial charge on any atom is 0.230 e. The van der Waals surface area contributed by atoms with E-state index in [4.69, 9.17) is 0 Å². The highest BCUT2D eigenvalue weighted by Gasteiger charge is 2.12. The quantitative estimate of drug-likeness (QED) is 0.848. The van der Waals surface area contributed by atoms with Crippen LogP contribution in [0.5, 0.6) is 0 Å². The van der Waals surface area contributed by atoms with Gasteiger partial charge in [-0.25, -0.2) is 4.68 Å². The molecule has 1 amide bonds. The maximum atomic E-state index is 12.0. The molecule has 0 saturated carbocycles. The molecule has 22 heavy (non-hydrogen) atoms. The number of nitrogens with zero attached hydrogens (tertiary/aromatic N) is 4. The Bertz CT molecular complexity index is 599. The first-order valence-corrected chi connectivity index (χ1v) is 8.42. The summed E-state index contributed by atoms with van der Waals surface area (Å²) < 4.78 is 1.78. The largest absolute Gasteiger partial charge is 0.349 e. The van der Waals surface area contributed by atoms with Gasteiger partial charge in [-0.1, -0.05) is 30.3 Å². The first kappa shape index (κ1) is 16.5. The fraction of sp³-hybridized carbons (Fsp3) is 0.467. The number of thioether (sulfide) groups is 1. The molecule has 0 spiro atoms. The number of carbonyl (C=O) groups excluding carboxylic acids is 1. The van der Waals surface area contributed by atoms with Crippen molar-refractivity contribution in [2.75, 3.05) is 5.75 Å². The van der Waals surface area contributed by atoms with Crippen LogP contribution in [0.4, 0.5) is 0 Å². The summed E-state index contributed by atoms with van der Waals surface area (Å²) >= 11 is 1.51. The number of tetrazole rings is 1. The number of aromatic nitrogens is 4. The molecule has 1 N–H and O–H groups in total. The normalized spacial score (nSPS) is 12.4. The van der Waals surface area contributed by atoms with Crippen molar-refractivity contribution in [2.24, 2.45) is 0 Å². The zero-order valence-electron chi connectivity index (χ0n) is 13.1. The summed E-state index contributed by atoms with van der Waals surface area (Å²) in [6.45, 7) is 6.04. The van der Waals surface area contributed by atoms with Crippen LogP contribution < -0.4 is 5.32 Å². The molecule has 1 unspecified atom stereocenters. The van der Waals surface area contributed by atoms with E-state index < -0.39 is 0 Å². The summed E-state index contributed by atoms with van der Waals surface area (Å²) in [5, 5.41) is 14.6. The molecule has 7 heteroatoms.